The third-order valence-corrected chi connectivity index (χ3v) is 3.53. The molecular formula is C15H20N6. The molecule has 0 aliphatic rings. The van der Waals surface area contributed by atoms with Crippen molar-refractivity contribution >= 4 is 16.7 Å². The molecule has 3 heterocycles. The molecule has 3 rings (SSSR count). The molecule has 0 saturated heterocycles. The topological polar surface area (TPSA) is 60.6 Å². The maximum atomic E-state index is 4.53. The normalized spacial score (nSPS) is 13.0. The van der Waals surface area contributed by atoms with Crippen LogP contribution < -0.4 is 5.32 Å². The molecule has 0 amide bonds. The Morgan fingerprint density at radius 3 is 2.57 bits per heavy atom. The SMILES string of the molecule is CC(Nc1cnc2c(cnn2C(C)C)c1)c1cnn(C)c1. The monoisotopic (exact) mass is 284 g/mol. The molecule has 1 atom stereocenters. The zero-order chi connectivity index (χ0) is 15.0. The van der Waals surface area contributed by atoms with Crippen LogP contribution in [-0.4, -0.2) is 24.5 Å². The minimum absolute atomic E-state index is 0.179. The molecule has 0 bridgehead atoms. The molecule has 0 aliphatic carbocycles. The van der Waals surface area contributed by atoms with Crippen LogP contribution in [0.15, 0.2) is 30.9 Å². The summed E-state index contributed by atoms with van der Waals surface area (Å²) < 4.78 is 3.74. The Labute approximate surface area is 123 Å². The molecule has 1 unspecified atom stereocenters. The number of pyridine rings is 1. The van der Waals surface area contributed by atoms with Crippen LogP contribution in [0, 0.1) is 0 Å². The van der Waals surface area contributed by atoms with Gasteiger partial charge in [-0.05, 0) is 26.8 Å². The van der Waals surface area contributed by atoms with E-state index in [2.05, 4.69) is 47.3 Å². The highest BCUT2D eigenvalue weighted by atomic mass is 15.3. The summed E-state index contributed by atoms with van der Waals surface area (Å²) in [5, 5.41) is 13.1. The van der Waals surface area contributed by atoms with E-state index >= 15 is 0 Å². The second-order valence-electron chi connectivity index (χ2n) is 5.63. The summed E-state index contributed by atoms with van der Waals surface area (Å²) in [5.74, 6) is 0. The highest BCUT2D eigenvalue weighted by Gasteiger charge is 2.10. The second kappa shape index (κ2) is 5.20. The molecule has 6 nitrogen and oxygen atoms in total. The van der Waals surface area contributed by atoms with Crippen molar-refractivity contribution in [2.24, 2.45) is 7.05 Å². The summed E-state index contributed by atoms with van der Waals surface area (Å²) in [5.41, 5.74) is 3.06. The first kappa shape index (κ1) is 13.6. The smallest absolute Gasteiger partial charge is 0.158 e. The molecule has 110 valence electrons. The van der Waals surface area contributed by atoms with Crippen LogP contribution in [0.4, 0.5) is 5.69 Å². The third-order valence-electron chi connectivity index (χ3n) is 3.53. The lowest BCUT2D eigenvalue weighted by Crippen LogP contribution is -2.07. The molecule has 6 heteroatoms. The van der Waals surface area contributed by atoms with Gasteiger partial charge in [0.2, 0.25) is 0 Å². The van der Waals surface area contributed by atoms with Gasteiger partial charge in [-0.3, -0.25) is 4.68 Å². The Morgan fingerprint density at radius 2 is 1.90 bits per heavy atom. The summed E-state index contributed by atoms with van der Waals surface area (Å²) >= 11 is 0. The summed E-state index contributed by atoms with van der Waals surface area (Å²) in [6, 6.07) is 2.57. The Hall–Kier alpha value is -2.37. The summed E-state index contributed by atoms with van der Waals surface area (Å²) in [4.78, 5) is 4.53. The predicted molar refractivity (Wildman–Crippen MR) is 83.2 cm³/mol. The van der Waals surface area contributed by atoms with Crippen LogP contribution in [0.3, 0.4) is 0 Å². The molecule has 0 aromatic carbocycles. The zero-order valence-electron chi connectivity index (χ0n) is 12.8. The van der Waals surface area contributed by atoms with Gasteiger partial charge < -0.3 is 5.32 Å². The van der Waals surface area contributed by atoms with E-state index in [0.29, 0.717) is 6.04 Å². The van der Waals surface area contributed by atoms with Crippen LogP contribution in [0.1, 0.15) is 38.4 Å². The van der Waals surface area contributed by atoms with E-state index in [1.54, 1.807) is 0 Å². The van der Waals surface area contributed by atoms with Crippen LogP contribution in [0.2, 0.25) is 0 Å². The number of hydrogen-bond acceptors (Lipinski definition) is 4. The highest BCUT2D eigenvalue weighted by molar-refractivity contribution is 5.78. The van der Waals surface area contributed by atoms with E-state index in [0.717, 1.165) is 22.3 Å². The van der Waals surface area contributed by atoms with Gasteiger partial charge in [0.25, 0.3) is 0 Å². The van der Waals surface area contributed by atoms with E-state index < -0.39 is 0 Å². The second-order valence-corrected chi connectivity index (χ2v) is 5.63. The van der Waals surface area contributed by atoms with Gasteiger partial charge in [0.05, 0.1) is 30.3 Å². The minimum atomic E-state index is 0.179. The molecule has 3 aromatic heterocycles. The van der Waals surface area contributed by atoms with Gasteiger partial charge in [-0.1, -0.05) is 0 Å². The Morgan fingerprint density at radius 1 is 1.10 bits per heavy atom. The standard InChI is InChI=1S/C15H20N6/c1-10(2)21-15-12(6-18-21)5-14(8-16-15)19-11(3)13-7-17-20(4)9-13/h5-11,19H,1-4H3. The lowest BCUT2D eigenvalue weighted by Gasteiger charge is -2.13. The molecule has 21 heavy (non-hydrogen) atoms. The number of aromatic nitrogens is 5. The van der Waals surface area contributed by atoms with Crippen molar-refractivity contribution in [3.8, 4) is 0 Å². The first-order valence-corrected chi connectivity index (χ1v) is 7.13. The van der Waals surface area contributed by atoms with Crippen molar-refractivity contribution in [1.82, 2.24) is 24.5 Å². The van der Waals surface area contributed by atoms with Gasteiger partial charge in [-0.15, -0.1) is 0 Å². The van der Waals surface area contributed by atoms with Crippen molar-refractivity contribution < 1.29 is 0 Å². The molecule has 0 spiro atoms. The van der Waals surface area contributed by atoms with Crippen molar-refractivity contribution in [3.05, 3.63) is 36.4 Å². The van der Waals surface area contributed by atoms with Crippen LogP contribution in [-0.2, 0) is 7.05 Å². The fourth-order valence-electron chi connectivity index (χ4n) is 2.39. The average Bonchev–Trinajstić information content (AvgIpc) is 3.04. The number of fused-ring (bicyclic) bond motifs is 1. The van der Waals surface area contributed by atoms with Crippen LogP contribution in [0.25, 0.3) is 11.0 Å². The van der Waals surface area contributed by atoms with Gasteiger partial charge >= 0.3 is 0 Å². The van der Waals surface area contributed by atoms with E-state index in [9.17, 15) is 0 Å². The summed E-state index contributed by atoms with van der Waals surface area (Å²) in [6.45, 7) is 6.31. The first-order valence-electron chi connectivity index (χ1n) is 7.13. The number of hydrogen-bond donors (Lipinski definition) is 1. The van der Waals surface area contributed by atoms with Crippen molar-refractivity contribution in [2.45, 2.75) is 32.9 Å². The minimum Gasteiger partial charge on any atom is -0.377 e. The van der Waals surface area contributed by atoms with Crippen molar-refractivity contribution in [3.63, 3.8) is 0 Å². The number of nitrogens with one attached hydrogen (secondary N) is 1. The van der Waals surface area contributed by atoms with Gasteiger partial charge in [0, 0.05) is 30.2 Å². The van der Waals surface area contributed by atoms with Crippen LogP contribution in [0.5, 0.6) is 0 Å². The molecule has 0 radical (unpaired) electrons. The summed E-state index contributed by atoms with van der Waals surface area (Å²) in [6.07, 6.45) is 7.61. The van der Waals surface area contributed by atoms with Crippen LogP contribution >= 0.6 is 0 Å². The predicted octanol–water partition coefficient (Wildman–Crippen LogP) is 2.92. The van der Waals surface area contributed by atoms with E-state index in [-0.39, 0.29) is 6.04 Å². The van der Waals surface area contributed by atoms with E-state index in [1.807, 2.05) is 41.2 Å². The molecule has 0 saturated carbocycles. The van der Waals surface area contributed by atoms with Gasteiger partial charge in [-0.25, -0.2) is 9.67 Å². The Kier molecular flexibility index (Phi) is 3.37. The third kappa shape index (κ3) is 2.61. The fraction of sp³-hybridized carbons (Fsp3) is 0.400. The maximum absolute atomic E-state index is 4.53. The fourth-order valence-corrected chi connectivity index (χ4v) is 2.39. The van der Waals surface area contributed by atoms with Gasteiger partial charge in [-0.2, -0.15) is 10.2 Å². The lowest BCUT2D eigenvalue weighted by molar-refractivity contribution is 0.546. The molecular weight excluding hydrogens is 264 g/mol. The first-order chi connectivity index (χ1) is 10.0. The quantitative estimate of drug-likeness (QED) is 0.800. The van der Waals surface area contributed by atoms with Crippen molar-refractivity contribution in [2.75, 3.05) is 5.32 Å². The molecule has 3 aromatic rings. The van der Waals surface area contributed by atoms with Gasteiger partial charge in [0.15, 0.2) is 5.65 Å². The number of aryl methyl sites for hydroxylation is 1. The zero-order valence-corrected chi connectivity index (χ0v) is 12.8. The molecule has 1 N–H and O–H groups in total. The summed E-state index contributed by atoms with van der Waals surface area (Å²) in [7, 11) is 1.92. The van der Waals surface area contributed by atoms with E-state index in [1.165, 1.54) is 0 Å². The molecule has 0 aliphatic heterocycles. The Balaban J connectivity index is 1.84. The van der Waals surface area contributed by atoms with Gasteiger partial charge in [0.1, 0.15) is 0 Å². The number of rotatable bonds is 4. The Bertz CT molecular complexity index is 754. The van der Waals surface area contributed by atoms with Crippen molar-refractivity contribution in [1.29, 1.82) is 0 Å². The number of nitrogens with zero attached hydrogens (tertiary/aromatic N) is 5. The maximum Gasteiger partial charge on any atom is 0.158 e. The lowest BCUT2D eigenvalue weighted by atomic mass is 10.2. The molecule has 0 fully saturated rings. The van der Waals surface area contributed by atoms with E-state index in [4.69, 9.17) is 0 Å². The largest absolute Gasteiger partial charge is 0.377 e. The number of anilines is 1. The highest BCUT2D eigenvalue weighted by Crippen LogP contribution is 2.22. The average molecular weight is 284 g/mol.